The van der Waals surface area contributed by atoms with E-state index in [9.17, 15) is 4.79 Å². The molecule has 34 heavy (non-hydrogen) atoms. The summed E-state index contributed by atoms with van der Waals surface area (Å²) in [4.78, 5) is 31.2. The second kappa shape index (κ2) is 8.85. The maximum Gasteiger partial charge on any atom is 0.146 e. The lowest BCUT2D eigenvalue weighted by Crippen LogP contribution is -2.60. The van der Waals surface area contributed by atoms with Crippen LogP contribution in [0.5, 0.6) is 0 Å². The Hall–Kier alpha value is -3.81. The number of hydrogen-bond donors (Lipinski definition) is 2. The zero-order valence-electron chi connectivity index (χ0n) is 18.4. The first-order valence-electron chi connectivity index (χ1n) is 11.5. The fraction of sp³-hybridized carbons (Fsp3) is 0.222. The van der Waals surface area contributed by atoms with E-state index in [1.165, 1.54) is 0 Å². The van der Waals surface area contributed by atoms with Gasteiger partial charge < -0.3 is 10.6 Å². The van der Waals surface area contributed by atoms with Gasteiger partial charge in [0.25, 0.3) is 0 Å². The Morgan fingerprint density at radius 3 is 0.912 bits per heavy atom. The predicted octanol–water partition coefficient (Wildman–Crippen LogP) is 3.54. The van der Waals surface area contributed by atoms with E-state index in [0.717, 1.165) is 22.3 Å². The van der Waals surface area contributed by atoms with Crippen LogP contribution in [0.15, 0.2) is 98.1 Å². The number of pyridine rings is 4. The van der Waals surface area contributed by atoms with Crippen molar-refractivity contribution in [2.75, 3.05) is 0 Å². The maximum absolute atomic E-state index is 14.4. The minimum Gasteiger partial charge on any atom is -0.302 e. The van der Waals surface area contributed by atoms with Gasteiger partial charge >= 0.3 is 0 Å². The smallest absolute Gasteiger partial charge is 0.146 e. The highest BCUT2D eigenvalue weighted by Crippen LogP contribution is 2.51. The van der Waals surface area contributed by atoms with Crippen molar-refractivity contribution in [3.8, 4) is 0 Å². The van der Waals surface area contributed by atoms with Crippen LogP contribution in [0, 0.1) is 11.8 Å². The molecule has 4 aromatic rings. The Kier molecular flexibility index (Phi) is 5.41. The second-order valence-electron chi connectivity index (χ2n) is 8.82. The SMILES string of the molecule is O=C1C2C(c3ccncc3)NC(c3ccncc3)C1C(c1ccncc1)NC2c1ccncc1. The Morgan fingerprint density at radius 2 is 0.676 bits per heavy atom. The Labute approximate surface area is 197 Å². The van der Waals surface area contributed by atoms with E-state index in [1.54, 1.807) is 49.6 Å². The largest absolute Gasteiger partial charge is 0.302 e. The molecule has 6 rings (SSSR count). The van der Waals surface area contributed by atoms with Gasteiger partial charge in [-0.2, -0.15) is 0 Å². The maximum atomic E-state index is 14.4. The Morgan fingerprint density at radius 1 is 0.441 bits per heavy atom. The first-order chi connectivity index (χ1) is 16.8. The zero-order chi connectivity index (χ0) is 22.9. The number of nitrogens with one attached hydrogen (secondary N) is 2. The van der Waals surface area contributed by atoms with Gasteiger partial charge in [-0.15, -0.1) is 0 Å². The van der Waals surface area contributed by atoms with Gasteiger partial charge in [-0.3, -0.25) is 24.7 Å². The molecule has 2 bridgehead atoms. The van der Waals surface area contributed by atoms with Crippen LogP contribution in [0.4, 0.5) is 0 Å². The molecule has 6 heterocycles. The van der Waals surface area contributed by atoms with Gasteiger partial charge in [-0.1, -0.05) is 0 Å². The molecule has 2 aliphatic rings. The fourth-order valence-electron chi connectivity index (χ4n) is 5.56. The second-order valence-corrected chi connectivity index (χ2v) is 8.82. The van der Waals surface area contributed by atoms with Crippen LogP contribution in [-0.4, -0.2) is 25.7 Å². The van der Waals surface area contributed by atoms with Gasteiger partial charge in [0.2, 0.25) is 0 Å². The predicted molar refractivity (Wildman–Crippen MR) is 126 cm³/mol. The molecule has 0 radical (unpaired) electrons. The first kappa shape index (κ1) is 20.8. The van der Waals surface area contributed by atoms with Crippen LogP contribution in [0.3, 0.4) is 0 Å². The molecule has 4 unspecified atom stereocenters. The van der Waals surface area contributed by atoms with Crippen LogP contribution >= 0.6 is 0 Å². The average Bonchev–Trinajstić information content (AvgIpc) is 2.91. The number of rotatable bonds is 4. The van der Waals surface area contributed by atoms with E-state index in [0.29, 0.717) is 0 Å². The van der Waals surface area contributed by atoms with Gasteiger partial charge in [0.1, 0.15) is 5.78 Å². The summed E-state index contributed by atoms with van der Waals surface area (Å²) in [6.07, 6.45) is 14.3. The summed E-state index contributed by atoms with van der Waals surface area (Å²) in [6.45, 7) is 0. The minimum absolute atomic E-state index is 0.172. The lowest BCUT2D eigenvalue weighted by molar-refractivity contribution is -0.139. The summed E-state index contributed by atoms with van der Waals surface area (Å²) in [7, 11) is 0. The van der Waals surface area contributed by atoms with Gasteiger partial charge in [0, 0.05) is 73.7 Å². The summed E-state index contributed by atoms with van der Waals surface area (Å²) >= 11 is 0. The molecule has 7 heteroatoms. The van der Waals surface area contributed by atoms with Crippen molar-refractivity contribution in [1.82, 2.24) is 30.6 Å². The third kappa shape index (κ3) is 3.59. The number of Topliss-reactive ketones (excluding diaryl/α,β-unsaturated/α-hetero) is 1. The lowest BCUT2D eigenvalue weighted by Gasteiger charge is -2.52. The molecule has 2 aliphatic heterocycles. The Balaban J connectivity index is 1.52. The lowest BCUT2D eigenvalue weighted by atomic mass is 9.64. The van der Waals surface area contributed by atoms with Crippen molar-refractivity contribution >= 4 is 5.78 Å². The molecular formula is C27H24N6O. The molecule has 0 saturated carbocycles. The number of carbonyl (C=O) groups excluding carboxylic acids is 1. The zero-order valence-corrected chi connectivity index (χ0v) is 18.4. The van der Waals surface area contributed by atoms with Gasteiger partial charge in [0.15, 0.2) is 0 Å². The number of fused-ring (bicyclic) bond motifs is 2. The minimum atomic E-state index is -0.286. The molecule has 2 saturated heterocycles. The molecule has 2 fully saturated rings. The molecule has 7 nitrogen and oxygen atoms in total. The monoisotopic (exact) mass is 448 g/mol. The van der Waals surface area contributed by atoms with Crippen molar-refractivity contribution in [2.45, 2.75) is 24.2 Å². The van der Waals surface area contributed by atoms with Crippen molar-refractivity contribution in [3.63, 3.8) is 0 Å². The molecule has 0 amide bonds. The van der Waals surface area contributed by atoms with Crippen LogP contribution in [-0.2, 0) is 4.79 Å². The topological polar surface area (TPSA) is 92.7 Å². The highest BCUT2D eigenvalue weighted by atomic mass is 16.1. The number of carbonyl (C=O) groups is 1. The van der Waals surface area contributed by atoms with Gasteiger partial charge in [-0.25, -0.2) is 0 Å². The van der Waals surface area contributed by atoms with Crippen LogP contribution in [0.2, 0.25) is 0 Å². The molecule has 2 N–H and O–H groups in total. The Bertz CT molecular complexity index is 1070. The molecule has 0 aliphatic carbocycles. The summed E-state index contributed by atoms with van der Waals surface area (Å²) in [5.74, 6) is -0.318. The van der Waals surface area contributed by atoms with Crippen molar-refractivity contribution in [2.24, 2.45) is 11.8 Å². The van der Waals surface area contributed by atoms with E-state index < -0.39 is 0 Å². The van der Waals surface area contributed by atoms with Crippen molar-refractivity contribution in [3.05, 3.63) is 120 Å². The third-order valence-corrected chi connectivity index (χ3v) is 7.07. The van der Waals surface area contributed by atoms with E-state index in [1.807, 2.05) is 48.5 Å². The number of aromatic nitrogens is 4. The normalized spacial score (nSPS) is 28.4. The highest BCUT2D eigenvalue weighted by Gasteiger charge is 2.55. The van der Waals surface area contributed by atoms with Crippen LogP contribution in [0.25, 0.3) is 0 Å². The fourth-order valence-corrected chi connectivity index (χ4v) is 5.56. The third-order valence-electron chi connectivity index (χ3n) is 7.07. The summed E-state index contributed by atoms with van der Waals surface area (Å²) in [5.41, 5.74) is 4.20. The molecule has 4 atom stereocenters. The van der Waals surface area contributed by atoms with Crippen LogP contribution in [0.1, 0.15) is 46.4 Å². The quantitative estimate of drug-likeness (QED) is 0.493. The molecule has 0 spiro atoms. The average molecular weight is 449 g/mol. The number of nitrogens with zero attached hydrogens (tertiary/aromatic N) is 4. The number of ketones is 1. The van der Waals surface area contributed by atoms with E-state index in [-0.39, 0.29) is 41.8 Å². The standard InChI is InChI=1S/C27H24N6O/c34-27-21-23(17-1-9-28-10-2-17)32-25(19-5-13-30-14-6-19)22(27)26(20-7-15-31-16-8-20)33-24(21)18-3-11-29-12-4-18/h1-16,21-26,32-33H. The summed E-state index contributed by atoms with van der Waals surface area (Å²) < 4.78 is 0. The summed E-state index contributed by atoms with van der Waals surface area (Å²) in [5, 5.41) is 7.74. The molecular weight excluding hydrogens is 424 g/mol. The van der Waals surface area contributed by atoms with Gasteiger partial charge in [0.05, 0.1) is 11.8 Å². The van der Waals surface area contributed by atoms with E-state index >= 15 is 0 Å². The van der Waals surface area contributed by atoms with Gasteiger partial charge in [-0.05, 0) is 70.8 Å². The first-order valence-corrected chi connectivity index (χ1v) is 11.5. The van der Waals surface area contributed by atoms with E-state index in [4.69, 9.17) is 0 Å². The van der Waals surface area contributed by atoms with Crippen LogP contribution < -0.4 is 10.6 Å². The summed E-state index contributed by atoms with van der Waals surface area (Å²) in [6, 6.07) is 15.3. The number of hydrogen-bond acceptors (Lipinski definition) is 7. The highest BCUT2D eigenvalue weighted by molar-refractivity contribution is 5.89. The van der Waals surface area contributed by atoms with Crippen molar-refractivity contribution in [1.29, 1.82) is 0 Å². The molecule has 4 aromatic heterocycles. The molecule has 0 aromatic carbocycles. The van der Waals surface area contributed by atoms with E-state index in [2.05, 4.69) is 30.6 Å². The van der Waals surface area contributed by atoms with Crippen molar-refractivity contribution < 1.29 is 4.79 Å². The number of piperidine rings is 2. The molecule has 168 valence electrons.